The van der Waals surface area contributed by atoms with Crippen molar-refractivity contribution in [1.29, 1.82) is 0 Å². The summed E-state index contributed by atoms with van der Waals surface area (Å²) >= 11 is 0. The molecule has 1 saturated heterocycles. The van der Waals surface area contributed by atoms with Gasteiger partial charge in [0.05, 0.1) is 30.9 Å². The molecule has 0 saturated carbocycles. The van der Waals surface area contributed by atoms with Crippen LogP contribution in [0.3, 0.4) is 0 Å². The van der Waals surface area contributed by atoms with Crippen molar-refractivity contribution in [3.05, 3.63) is 34.9 Å². The number of carbonyl (C=O) groups is 2. The van der Waals surface area contributed by atoms with E-state index in [2.05, 4.69) is 27.7 Å². The van der Waals surface area contributed by atoms with Gasteiger partial charge in [-0.15, -0.1) is 0 Å². The van der Waals surface area contributed by atoms with Crippen LogP contribution in [-0.4, -0.2) is 38.0 Å². The maximum atomic E-state index is 12.6. The van der Waals surface area contributed by atoms with E-state index in [9.17, 15) is 9.59 Å². The lowest BCUT2D eigenvalue weighted by Crippen LogP contribution is -2.22. The molecule has 1 aliphatic heterocycles. The summed E-state index contributed by atoms with van der Waals surface area (Å²) in [5, 5.41) is 0. The molecule has 3 unspecified atom stereocenters. The van der Waals surface area contributed by atoms with E-state index in [4.69, 9.17) is 18.9 Å². The summed E-state index contributed by atoms with van der Waals surface area (Å²) in [5.74, 6) is 0.124. The quantitative estimate of drug-likeness (QED) is 0.349. The van der Waals surface area contributed by atoms with Crippen LogP contribution in [0.4, 0.5) is 0 Å². The van der Waals surface area contributed by atoms with Crippen molar-refractivity contribution in [2.45, 2.75) is 85.5 Å². The number of hydrogen-bond acceptors (Lipinski definition) is 6. The second-order valence-electron chi connectivity index (χ2n) is 8.90. The molecule has 6 nitrogen and oxygen atoms in total. The van der Waals surface area contributed by atoms with Gasteiger partial charge in [-0.3, -0.25) is 0 Å². The Morgan fingerprint density at radius 2 is 1.50 bits per heavy atom. The second-order valence-corrected chi connectivity index (χ2v) is 8.90. The molecule has 6 heteroatoms. The normalized spacial score (nSPS) is 18.1. The van der Waals surface area contributed by atoms with Gasteiger partial charge < -0.3 is 18.9 Å². The highest BCUT2D eigenvalue weighted by Gasteiger charge is 2.18. The van der Waals surface area contributed by atoms with Gasteiger partial charge in [0, 0.05) is 6.61 Å². The Morgan fingerprint density at radius 1 is 0.938 bits per heavy atom. The van der Waals surface area contributed by atoms with Gasteiger partial charge in [0.1, 0.15) is 0 Å². The lowest BCUT2D eigenvalue weighted by atomic mass is 10.0. The molecule has 0 bridgehead atoms. The summed E-state index contributed by atoms with van der Waals surface area (Å²) in [4.78, 5) is 25.3. The van der Waals surface area contributed by atoms with Crippen LogP contribution in [0.25, 0.3) is 0 Å². The van der Waals surface area contributed by atoms with Crippen LogP contribution in [0.15, 0.2) is 18.2 Å². The van der Waals surface area contributed by atoms with Gasteiger partial charge in [-0.1, -0.05) is 40.5 Å². The van der Waals surface area contributed by atoms with Crippen LogP contribution < -0.4 is 0 Å². The predicted octanol–water partition coefficient (Wildman–Crippen LogP) is 5.92. The molecule has 0 amide bonds. The molecule has 1 aliphatic rings. The van der Waals surface area contributed by atoms with E-state index in [0.29, 0.717) is 42.8 Å². The zero-order valence-electron chi connectivity index (χ0n) is 20.2. The molecule has 1 heterocycles. The molecule has 0 aromatic heterocycles. The molecule has 3 atom stereocenters. The molecular formula is C26H40O6. The number of carbonyl (C=O) groups excluding carboxylic acids is 2. The predicted molar refractivity (Wildman–Crippen MR) is 124 cm³/mol. The lowest BCUT2D eigenvalue weighted by Gasteiger charge is -2.22. The molecule has 1 aromatic rings. The molecule has 2 rings (SSSR count). The SMILES string of the molecule is CCC(C)CCOC(=O)c1cc(COC2CCCCO2)cc(C(=O)OCCC(C)CC)c1. The van der Waals surface area contributed by atoms with E-state index < -0.39 is 11.9 Å². The minimum atomic E-state index is -0.433. The highest BCUT2D eigenvalue weighted by molar-refractivity contribution is 5.95. The van der Waals surface area contributed by atoms with Crippen LogP contribution in [0.2, 0.25) is 0 Å². The summed E-state index contributed by atoms with van der Waals surface area (Å²) in [7, 11) is 0. The first kappa shape index (κ1) is 26.3. The second kappa shape index (κ2) is 14.3. The van der Waals surface area contributed by atoms with E-state index in [1.165, 1.54) is 0 Å². The molecule has 0 aliphatic carbocycles. The van der Waals surface area contributed by atoms with Gasteiger partial charge >= 0.3 is 11.9 Å². The van der Waals surface area contributed by atoms with Gasteiger partial charge in [0.15, 0.2) is 6.29 Å². The smallest absolute Gasteiger partial charge is 0.338 e. The first-order chi connectivity index (χ1) is 15.4. The Labute approximate surface area is 193 Å². The van der Waals surface area contributed by atoms with E-state index >= 15 is 0 Å². The van der Waals surface area contributed by atoms with Gasteiger partial charge in [-0.2, -0.15) is 0 Å². The van der Waals surface area contributed by atoms with Crippen molar-refractivity contribution < 1.29 is 28.5 Å². The third kappa shape index (κ3) is 9.29. The van der Waals surface area contributed by atoms with Crippen LogP contribution >= 0.6 is 0 Å². The fraction of sp³-hybridized carbons (Fsp3) is 0.692. The molecule has 0 radical (unpaired) electrons. The van der Waals surface area contributed by atoms with Crippen molar-refractivity contribution in [3.63, 3.8) is 0 Å². The van der Waals surface area contributed by atoms with E-state index in [-0.39, 0.29) is 12.9 Å². The number of benzene rings is 1. The van der Waals surface area contributed by atoms with Crippen LogP contribution in [0, 0.1) is 11.8 Å². The Kier molecular flexibility index (Phi) is 11.7. The molecule has 1 fully saturated rings. The third-order valence-electron chi connectivity index (χ3n) is 6.12. The fourth-order valence-corrected chi connectivity index (χ4v) is 3.32. The minimum Gasteiger partial charge on any atom is -0.462 e. The average Bonchev–Trinajstić information content (AvgIpc) is 2.82. The average molecular weight is 449 g/mol. The zero-order valence-corrected chi connectivity index (χ0v) is 20.2. The van der Waals surface area contributed by atoms with Crippen LogP contribution in [-0.2, 0) is 25.6 Å². The summed E-state index contributed by atoms with van der Waals surface area (Å²) < 4.78 is 22.4. The Balaban J connectivity index is 2.07. The molecule has 0 N–H and O–H groups in total. The summed E-state index contributed by atoms with van der Waals surface area (Å²) in [5.41, 5.74) is 1.41. The maximum absolute atomic E-state index is 12.6. The van der Waals surface area contributed by atoms with E-state index in [1.54, 1.807) is 18.2 Å². The molecule has 32 heavy (non-hydrogen) atoms. The van der Waals surface area contributed by atoms with Gasteiger partial charge in [-0.05, 0) is 67.7 Å². The Bertz CT molecular complexity index is 664. The van der Waals surface area contributed by atoms with E-state index in [0.717, 1.165) is 50.5 Å². The summed E-state index contributed by atoms with van der Waals surface area (Å²) in [6.45, 7) is 10.2. The standard InChI is InChI=1S/C26H40O6/c1-5-19(3)10-13-30-25(27)22-15-21(18-32-24-9-7-8-12-29-24)16-23(17-22)26(28)31-14-11-20(4)6-2/h15-17,19-20,24H,5-14,18H2,1-4H3. The van der Waals surface area contributed by atoms with Crippen molar-refractivity contribution in [1.82, 2.24) is 0 Å². The molecular weight excluding hydrogens is 408 g/mol. The van der Waals surface area contributed by atoms with E-state index in [1.807, 2.05) is 0 Å². The number of hydrogen-bond donors (Lipinski definition) is 0. The Hall–Kier alpha value is -1.92. The number of rotatable bonds is 13. The minimum absolute atomic E-state index is 0.249. The van der Waals surface area contributed by atoms with Gasteiger partial charge in [0.2, 0.25) is 0 Å². The summed E-state index contributed by atoms with van der Waals surface area (Å²) in [6, 6.07) is 5.01. The van der Waals surface area contributed by atoms with Crippen molar-refractivity contribution >= 4 is 11.9 Å². The van der Waals surface area contributed by atoms with Crippen LogP contribution in [0.1, 0.15) is 98.9 Å². The van der Waals surface area contributed by atoms with Crippen LogP contribution in [0.5, 0.6) is 0 Å². The summed E-state index contributed by atoms with van der Waals surface area (Å²) in [6.07, 6.45) is 6.43. The monoisotopic (exact) mass is 448 g/mol. The topological polar surface area (TPSA) is 71.1 Å². The van der Waals surface area contributed by atoms with Gasteiger partial charge in [-0.25, -0.2) is 9.59 Å². The number of esters is 2. The molecule has 180 valence electrons. The van der Waals surface area contributed by atoms with Crippen molar-refractivity contribution in [2.75, 3.05) is 19.8 Å². The highest BCUT2D eigenvalue weighted by Crippen LogP contribution is 2.19. The van der Waals surface area contributed by atoms with Crippen molar-refractivity contribution in [2.24, 2.45) is 11.8 Å². The highest BCUT2D eigenvalue weighted by atomic mass is 16.7. The third-order valence-corrected chi connectivity index (χ3v) is 6.12. The van der Waals surface area contributed by atoms with Gasteiger partial charge in [0.25, 0.3) is 0 Å². The zero-order chi connectivity index (χ0) is 23.3. The van der Waals surface area contributed by atoms with Crippen molar-refractivity contribution in [3.8, 4) is 0 Å². The Morgan fingerprint density at radius 3 is 1.97 bits per heavy atom. The molecule has 0 spiro atoms. The number of ether oxygens (including phenoxy) is 4. The first-order valence-electron chi connectivity index (χ1n) is 12.1. The maximum Gasteiger partial charge on any atom is 0.338 e. The molecule has 1 aromatic carbocycles. The fourth-order valence-electron chi connectivity index (χ4n) is 3.32. The first-order valence-corrected chi connectivity index (χ1v) is 12.1. The largest absolute Gasteiger partial charge is 0.462 e. The lowest BCUT2D eigenvalue weighted by molar-refractivity contribution is -0.168.